The fourth-order valence-corrected chi connectivity index (χ4v) is 3.32. The van der Waals surface area contributed by atoms with Crippen molar-refractivity contribution in [2.45, 2.75) is 46.6 Å². The average molecular weight is 265 g/mol. The number of pyridine rings is 1. The van der Waals surface area contributed by atoms with E-state index < -0.39 is 0 Å². The summed E-state index contributed by atoms with van der Waals surface area (Å²) in [6.45, 7) is 7.47. The van der Waals surface area contributed by atoms with E-state index in [4.69, 9.17) is 0 Å². The first-order valence-electron chi connectivity index (χ1n) is 6.76. The molecule has 1 heterocycles. The predicted octanol–water partition coefficient (Wildman–Crippen LogP) is 2.93. The van der Waals surface area contributed by atoms with E-state index in [0.29, 0.717) is 5.92 Å². The van der Waals surface area contributed by atoms with Crippen molar-refractivity contribution in [3.05, 3.63) is 33.7 Å². The molecule has 1 aromatic heterocycles. The van der Waals surface area contributed by atoms with Crippen LogP contribution in [0.5, 0.6) is 0 Å². The van der Waals surface area contributed by atoms with Gasteiger partial charge in [0, 0.05) is 18.3 Å². The Balaban J connectivity index is 2.35. The number of nitrogens with zero attached hydrogens (tertiary/aromatic N) is 1. The van der Waals surface area contributed by atoms with Gasteiger partial charge in [0.15, 0.2) is 0 Å². The zero-order chi connectivity index (χ0) is 13.3. The molecule has 1 aliphatic carbocycles. The minimum Gasteiger partial charge on any atom is -0.312 e. The SMILES string of the molecule is CC(C)(C)C(CS)Cn1c2c(ccc1=O)CCC2. The van der Waals surface area contributed by atoms with Gasteiger partial charge in [-0.1, -0.05) is 26.8 Å². The zero-order valence-electron chi connectivity index (χ0n) is 11.6. The minimum absolute atomic E-state index is 0.145. The lowest BCUT2D eigenvalue weighted by Crippen LogP contribution is -2.33. The van der Waals surface area contributed by atoms with Gasteiger partial charge in [0.05, 0.1) is 0 Å². The summed E-state index contributed by atoms with van der Waals surface area (Å²) in [6, 6.07) is 3.73. The molecule has 1 aliphatic rings. The number of rotatable bonds is 3. The van der Waals surface area contributed by atoms with E-state index in [9.17, 15) is 4.79 Å². The van der Waals surface area contributed by atoms with Crippen molar-refractivity contribution in [1.82, 2.24) is 4.57 Å². The van der Waals surface area contributed by atoms with Crippen molar-refractivity contribution in [3.8, 4) is 0 Å². The van der Waals surface area contributed by atoms with Crippen LogP contribution in [0.1, 0.15) is 38.4 Å². The maximum Gasteiger partial charge on any atom is 0.250 e. The molecule has 0 N–H and O–H groups in total. The van der Waals surface area contributed by atoms with Gasteiger partial charge in [0.1, 0.15) is 0 Å². The summed E-state index contributed by atoms with van der Waals surface area (Å²) < 4.78 is 1.99. The van der Waals surface area contributed by atoms with E-state index in [1.807, 2.05) is 10.6 Å². The highest BCUT2D eigenvalue weighted by molar-refractivity contribution is 7.80. The molecule has 18 heavy (non-hydrogen) atoms. The van der Waals surface area contributed by atoms with Crippen LogP contribution < -0.4 is 5.56 Å². The largest absolute Gasteiger partial charge is 0.312 e. The van der Waals surface area contributed by atoms with E-state index in [1.165, 1.54) is 17.7 Å². The summed E-state index contributed by atoms with van der Waals surface area (Å²) in [5.74, 6) is 1.24. The van der Waals surface area contributed by atoms with Crippen LogP contribution in [0.2, 0.25) is 0 Å². The van der Waals surface area contributed by atoms with Gasteiger partial charge >= 0.3 is 0 Å². The van der Waals surface area contributed by atoms with Gasteiger partial charge in [0.25, 0.3) is 5.56 Å². The van der Waals surface area contributed by atoms with Gasteiger partial charge in [-0.05, 0) is 41.9 Å². The van der Waals surface area contributed by atoms with Gasteiger partial charge in [-0.15, -0.1) is 0 Å². The van der Waals surface area contributed by atoms with Gasteiger partial charge in [-0.2, -0.15) is 12.6 Å². The standard InChI is InChI=1S/C15H23NOS/c1-15(2,3)12(10-18)9-16-13-6-4-5-11(13)7-8-14(16)17/h7-8,12,18H,4-6,9-10H2,1-3H3. The number of thiol groups is 1. The Bertz CT molecular complexity index is 484. The lowest BCUT2D eigenvalue weighted by molar-refractivity contribution is 0.234. The third-order valence-electron chi connectivity index (χ3n) is 4.10. The van der Waals surface area contributed by atoms with Gasteiger partial charge in [-0.3, -0.25) is 4.79 Å². The van der Waals surface area contributed by atoms with Crippen molar-refractivity contribution in [1.29, 1.82) is 0 Å². The first-order valence-corrected chi connectivity index (χ1v) is 7.39. The molecule has 2 rings (SSSR count). The van der Waals surface area contributed by atoms with Crippen molar-refractivity contribution in [2.75, 3.05) is 5.75 Å². The molecule has 2 nitrogen and oxygen atoms in total. The highest BCUT2D eigenvalue weighted by Crippen LogP contribution is 2.29. The minimum atomic E-state index is 0.145. The molecular weight excluding hydrogens is 242 g/mol. The summed E-state index contributed by atoms with van der Waals surface area (Å²) >= 11 is 4.46. The molecule has 1 atom stereocenters. The van der Waals surface area contributed by atoms with Gasteiger partial charge in [-0.25, -0.2) is 0 Å². The van der Waals surface area contributed by atoms with Crippen LogP contribution >= 0.6 is 12.6 Å². The molecule has 1 unspecified atom stereocenters. The maximum absolute atomic E-state index is 12.1. The highest BCUT2D eigenvalue weighted by atomic mass is 32.1. The van der Waals surface area contributed by atoms with E-state index in [0.717, 1.165) is 25.1 Å². The Morgan fingerprint density at radius 3 is 2.67 bits per heavy atom. The summed E-state index contributed by atoms with van der Waals surface area (Å²) in [5.41, 5.74) is 2.95. The third-order valence-corrected chi connectivity index (χ3v) is 4.54. The second kappa shape index (κ2) is 5.12. The number of hydrogen-bond acceptors (Lipinski definition) is 2. The Kier molecular flexibility index (Phi) is 3.90. The Labute approximate surface area is 115 Å². The van der Waals surface area contributed by atoms with E-state index in [2.05, 4.69) is 33.4 Å². The maximum atomic E-state index is 12.1. The van der Waals surface area contributed by atoms with E-state index in [-0.39, 0.29) is 11.0 Å². The van der Waals surface area contributed by atoms with Crippen molar-refractivity contribution in [3.63, 3.8) is 0 Å². The molecule has 1 aromatic rings. The summed E-state index contributed by atoms with van der Waals surface area (Å²) in [5, 5.41) is 0. The Hall–Kier alpha value is -0.700. The van der Waals surface area contributed by atoms with Gasteiger partial charge in [0.2, 0.25) is 0 Å². The second-order valence-electron chi connectivity index (χ2n) is 6.35. The molecule has 0 saturated carbocycles. The number of fused-ring (bicyclic) bond motifs is 1. The molecule has 0 amide bonds. The third kappa shape index (κ3) is 2.66. The monoisotopic (exact) mass is 265 g/mol. The van der Waals surface area contributed by atoms with Crippen LogP contribution in [-0.2, 0) is 19.4 Å². The number of aromatic nitrogens is 1. The number of hydrogen-bond donors (Lipinski definition) is 1. The van der Waals surface area contributed by atoms with Crippen molar-refractivity contribution < 1.29 is 0 Å². The molecule has 0 radical (unpaired) electrons. The quantitative estimate of drug-likeness (QED) is 0.834. The van der Waals surface area contributed by atoms with Crippen molar-refractivity contribution in [2.24, 2.45) is 11.3 Å². The van der Waals surface area contributed by atoms with E-state index in [1.54, 1.807) is 6.07 Å². The molecule has 0 saturated heterocycles. The summed E-state index contributed by atoms with van der Waals surface area (Å²) in [7, 11) is 0. The molecule has 0 aliphatic heterocycles. The molecule has 0 bridgehead atoms. The normalized spacial score (nSPS) is 16.7. The van der Waals surface area contributed by atoms with Crippen LogP contribution in [-0.4, -0.2) is 10.3 Å². The smallest absolute Gasteiger partial charge is 0.250 e. The molecule has 0 spiro atoms. The van der Waals surface area contributed by atoms with Gasteiger partial charge < -0.3 is 4.57 Å². The van der Waals surface area contributed by atoms with Crippen LogP contribution in [0.15, 0.2) is 16.9 Å². The molecular formula is C15H23NOS. The van der Waals surface area contributed by atoms with Crippen LogP contribution in [0.4, 0.5) is 0 Å². The predicted molar refractivity (Wildman–Crippen MR) is 79.5 cm³/mol. The molecule has 0 aromatic carbocycles. The molecule has 100 valence electrons. The lowest BCUT2D eigenvalue weighted by Gasteiger charge is -2.30. The molecule has 3 heteroatoms. The van der Waals surface area contributed by atoms with Crippen LogP contribution in [0, 0.1) is 11.3 Å². The fraction of sp³-hybridized carbons (Fsp3) is 0.667. The summed E-state index contributed by atoms with van der Waals surface area (Å²) in [4.78, 5) is 12.1. The highest BCUT2D eigenvalue weighted by Gasteiger charge is 2.26. The number of aryl methyl sites for hydroxylation is 1. The van der Waals surface area contributed by atoms with Crippen LogP contribution in [0.3, 0.4) is 0 Å². The average Bonchev–Trinajstić information content (AvgIpc) is 2.74. The Morgan fingerprint density at radius 2 is 2.06 bits per heavy atom. The first-order chi connectivity index (χ1) is 8.43. The van der Waals surface area contributed by atoms with Crippen molar-refractivity contribution >= 4 is 12.6 Å². The zero-order valence-corrected chi connectivity index (χ0v) is 12.5. The fourth-order valence-electron chi connectivity index (χ4n) is 2.66. The molecule has 0 fully saturated rings. The van der Waals surface area contributed by atoms with Crippen LogP contribution in [0.25, 0.3) is 0 Å². The lowest BCUT2D eigenvalue weighted by atomic mass is 9.82. The summed E-state index contributed by atoms with van der Waals surface area (Å²) in [6.07, 6.45) is 3.35. The van der Waals surface area contributed by atoms with E-state index >= 15 is 0 Å². The first kappa shape index (κ1) is 13.7. The second-order valence-corrected chi connectivity index (χ2v) is 6.72. The Morgan fingerprint density at radius 1 is 1.33 bits per heavy atom. The topological polar surface area (TPSA) is 22.0 Å².